The Morgan fingerprint density at radius 2 is 2.00 bits per heavy atom. The molecule has 0 aliphatic heterocycles. The first-order chi connectivity index (χ1) is 4.13. The first-order valence-electron chi connectivity index (χ1n) is 2.69. The minimum absolute atomic E-state index is 0.219. The summed E-state index contributed by atoms with van der Waals surface area (Å²) in [5.74, 6) is 1.64. The summed E-state index contributed by atoms with van der Waals surface area (Å²) in [7, 11) is 0. The Balaban J connectivity index is 3.10. The number of carbonyl (C=O) groups is 1. The van der Waals surface area contributed by atoms with Crippen molar-refractivity contribution in [1.82, 2.24) is 0 Å². The Hall–Kier alpha value is 0.110. The van der Waals surface area contributed by atoms with Crippen molar-refractivity contribution in [1.29, 1.82) is 0 Å². The normalized spacial score (nSPS) is 9.11. The number of thioether (sulfide) groups is 1. The van der Waals surface area contributed by atoms with Crippen molar-refractivity contribution in [3.63, 3.8) is 0 Å². The molecule has 0 rings (SSSR count). The molecule has 0 amide bonds. The molecule has 0 aliphatic rings. The molecule has 0 aliphatic carbocycles. The Morgan fingerprint density at radius 1 is 1.44 bits per heavy atom. The molecule has 0 unspecified atom stereocenters. The van der Waals surface area contributed by atoms with E-state index < -0.39 is 0 Å². The van der Waals surface area contributed by atoms with E-state index in [1.807, 2.05) is 6.92 Å². The number of Topliss-reactive ketones (excluding diaryl/α,β-unsaturated/α-hetero) is 1. The number of hydrogen-bond donors (Lipinski definition) is 0. The van der Waals surface area contributed by atoms with Gasteiger partial charge >= 0.3 is 0 Å². The molecule has 0 aromatic heterocycles. The maximum absolute atomic E-state index is 10.4. The molecule has 0 saturated heterocycles. The second kappa shape index (κ2) is 4.94. The smallest absolute Gasteiger partial charge is 0.139 e. The SMILES string of the molecule is CC(=O)CSCC(C)=S. The van der Waals surface area contributed by atoms with Crippen LogP contribution < -0.4 is 0 Å². The van der Waals surface area contributed by atoms with Crippen LogP contribution in [-0.2, 0) is 4.79 Å². The predicted octanol–water partition coefficient (Wildman–Crippen LogP) is 1.70. The van der Waals surface area contributed by atoms with Crippen LogP contribution in [0.2, 0.25) is 0 Å². The van der Waals surface area contributed by atoms with E-state index in [1.54, 1.807) is 18.7 Å². The number of rotatable bonds is 4. The van der Waals surface area contributed by atoms with Gasteiger partial charge in [-0.2, -0.15) is 0 Å². The van der Waals surface area contributed by atoms with E-state index >= 15 is 0 Å². The average molecular weight is 162 g/mol. The van der Waals surface area contributed by atoms with Gasteiger partial charge in [-0.25, -0.2) is 0 Å². The molecule has 52 valence electrons. The topological polar surface area (TPSA) is 17.1 Å². The van der Waals surface area contributed by atoms with Crippen molar-refractivity contribution >= 4 is 34.6 Å². The third-order valence-corrected chi connectivity index (χ3v) is 2.19. The van der Waals surface area contributed by atoms with Gasteiger partial charge in [0.15, 0.2) is 0 Å². The van der Waals surface area contributed by atoms with E-state index in [4.69, 9.17) is 12.2 Å². The molecule has 1 nitrogen and oxygen atoms in total. The highest BCUT2D eigenvalue weighted by molar-refractivity contribution is 8.01. The first-order valence-corrected chi connectivity index (χ1v) is 4.26. The van der Waals surface area contributed by atoms with Crippen molar-refractivity contribution in [3.8, 4) is 0 Å². The molecule has 0 heterocycles. The van der Waals surface area contributed by atoms with Gasteiger partial charge in [0, 0.05) is 5.75 Å². The number of hydrogen-bond acceptors (Lipinski definition) is 3. The lowest BCUT2D eigenvalue weighted by Crippen LogP contribution is -1.97. The summed E-state index contributed by atoms with van der Waals surface area (Å²) in [5.41, 5.74) is 0. The maximum atomic E-state index is 10.4. The number of carbonyl (C=O) groups excluding carboxylic acids is 1. The van der Waals surface area contributed by atoms with Gasteiger partial charge in [0.05, 0.1) is 5.75 Å². The summed E-state index contributed by atoms with van der Waals surface area (Å²) >= 11 is 6.39. The van der Waals surface area contributed by atoms with E-state index in [-0.39, 0.29) is 5.78 Å². The summed E-state index contributed by atoms with van der Waals surface area (Å²) in [6.07, 6.45) is 0. The molecule has 3 heteroatoms. The Bertz CT molecular complexity index is 106. The highest BCUT2D eigenvalue weighted by atomic mass is 32.2. The van der Waals surface area contributed by atoms with E-state index in [1.165, 1.54) is 0 Å². The maximum Gasteiger partial charge on any atom is 0.139 e. The van der Waals surface area contributed by atoms with Gasteiger partial charge in [-0.15, -0.1) is 11.8 Å². The van der Waals surface area contributed by atoms with Crippen molar-refractivity contribution in [3.05, 3.63) is 0 Å². The van der Waals surface area contributed by atoms with Crippen molar-refractivity contribution < 1.29 is 4.79 Å². The van der Waals surface area contributed by atoms with Crippen LogP contribution in [0.4, 0.5) is 0 Å². The van der Waals surface area contributed by atoms with Crippen molar-refractivity contribution in [2.24, 2.45) is 0 Å². The van der Waals surface area contributed by atoms with Gasteiger partial charge in [0.1, 0.15) is 5.78 Å². The van der Waals surface area contributed by atoms with Crippen LogP contribution in [0.15, 0.2) is 0 Å². The number of thiocarbonyl (C=S) groups is 1. The van der Waals surface area contributed by atoms with Gasteiger partial charge in [0.25, 0.3) is 0 Å². The zero-order valence-electron chi connectivity index (χ0n) is 5.64. The van der Waals surface area contributed by atoms with Gasteiger partial charge in [0.2, 0.25) is 0 Å². The Morgan fingerprint density at radius 3 is 2.33 bits per heavy atom. The molecule has 0 atom stereocenters. The largest absolute Gasteiger partial charge is 0.299 e. The number of ketones is 1. The molecule has 0 fully saturated rings. The highest BCUT2D eigenvalue weighted by Gasteiger charge is 1.93. The van der Waals surface area contributed by atoms with Crippen LogP contribution in [0.5, 0.6) is 0 Å². The molecule has 0 aromatic carbocycles. The zero-order valence-corrected chi connectivity index (χ0v) is 7.27. The molecule has 0 bridgehead atoms. The monoisotopic (exact) mass is 162 g/mol. The zero-order chi connectivity index (χ0) is 7.28. The second-order valence-corrected chi connectivity index (χ2v) is 3.58. The van der Waals surface area contributed by atoms with E-state index in [0.717, 1.165) is 10.6 Å². The second-order valence-electron chi connectivity index (χ2n) is 1.90. The van der Waals surface area contributed by atoms with Crippen LogP contribution in [0, 0.1) is 0 Å². The summed E-state index contributed by atoms with van der Waals surface area (Å²) in [6.45, 7) is 3.48. The fourth-order valence-electron chi connectivity index (χ4n) is 0.338. The van der Waals surface area contributed by atoms with Crippen LogP contribution in [0.1, 0.15) is 13.8 Å². The van der Waals surface area contributed by atoms with Crippen LogP contribution in [0.3, 0.4) is 0 Å². The summed E-state index contributed by atoms with van der Waals surface area (Å²) < 4.78 is 0. The summed E-state index contributed by atoms with van der Waals surface area (Å²) in [6, 6.07) is 0. The van der Waals surface area contributed by atoms with Crippen molar-refractivity contribution in [2.45, 2.75) is 13.8 Å². The molecule has 0 spiro atoms. The van der Waals surface area contributed by atoms with Gasteiger partial charge in [-0.3, -0.25) is 4.79 Å². The third kappa shape index (κ3) is 8.11. The fraction of sp³-hybridized carbons (Fsp3) is 0.667. The van der Waals surface area contributed by atoms with Crippen molar-refractivity contribution in [2.75, 3.05) is 11.5 Å². The minimum Gasteiger partial charge on any atom is -0.299 e. The van der Waals surface area contributed by atoms with E-state index in [9.17, 15) is 4.79 Å². The third-order valence-electron chi connectivity index (χ3n) is 0.611. The lowest BCUT2D eigenvalue weighted by atomic mass is 10.5. The molecule has 0 saturated carbocycles. The quantitative estimate of drug-likeness (QED) is 0.586. The predicted molar refractivity (Wildman–Crippen MR) is 46.3 cm³/mol. The minimum atomic E-state index is 0.219. The molecular weight excluding hydrogens is 152 g/mol. The molecule has 9 heavy (non-hydrogen) atoms. The standard InChI is InChI=1S/C6H10OS2/c1-5(7)3-9-4-6(2)8/h3-4H2,1-2H3. The lowest BCUT2D eigenvalue weighted by Gasteiger charge is -1.93. The Labute approximate surface area is 65.2 Å². The Kier molecular flexibility index (Phi) is 5.00. The summed E-state index contributed by atoms with van der Waals surface area (Å²) in [5, 5.41) is 0. The van der Waals surface area contributed by atoms with E-state index in [2.05, 4.69) is 0 Å². The highest BCUT2D eigenvalue weighted by Crippen LogP contribution is 1.99. The van der Waals surface area contributed by atoms with Crippen LogP contribution >= 0.6 is 24.0 Å². The van der Waals surface area contributed by atoms with Crippen LogP contribution in [0.25, 0.3) is 0 Å². The first kappa shape index (κ1) is 9.11. The van der Waals surface area contributed by atoms with Gasteiger partial charge in [-0.1, -0.05) is 12.2 Å². The molecule has 0 aromatic rings. The molecular formula is C6H10OS2. The lowest BCUT2D eigenvalue weighted by molar-refractivity contribution is -0.114. The molecule has 0 radical (unpaired) electrons. The average Bonchev–Trinajstić information content (AvgIpc) is 1.63. The van der Waals surface area contributed by atoms with Gasteiger partial charge in [-0.05, 0) is 18.7 Å². The molecule has 0 N–H and O–H groups in total. The van der Waals surface area contributed by atoms with Gasteiger partial charge < -0.3 is 0 Å². The van der Waals surface area contributed by atoms with E-state index in [0.29, 0.717) is 5.75 Å². The fourth-order valence-corrected chi connectivity index (χ4v) is 1.27. The summed E-state index contributed by atoms with van der Waals surface area (Å²) in [4.78, 5) is 11.3. The van der Waals surface area contributed by atoms with Crippen LogP contribution in [-0.4, -0.2) is 22.2 Å².